The van der Waals surface area contributed by atoms with Gasteiger partial charge in [-0.05, 0) is 86.5 Å². The first kappa shape index (κ1) is 40.8. The van der Waals surface area contributed by atoms with Gasteiger partial charge in [0, 0.05) is 51.4 Å². The van der Waals surface area contributed by atoms with Crippen molar-refractivity contribution < 1.29 is 31.3 Å². The summed E-state index contributed by atoms with van der Waals surface area (Å²) in [6.45, 7) is 6.72. The molecule has 0 spiro atoms. The van der Waals surface area contributed by atoms with Crippen LogP contribution in [0.2, 0.25) is 17.3 Å². The Bertz CT molecular complexity index is 3990. The SMILES string of the molecule is [2H]C([2H])([2H])c1cc[c-]c(-c2cc[c]([Ge]([CH3])([CH3])[CH3])cn2)c1F.[2H]C([2H])(c1ccccc1)c1ccc2c(n1)sc1c(-c3nc4c5ccccc5ccc4n3-c3c(C)cc4c(c3C)C(C)(C)c3ccccc3-4)[c-]ccc12.[Ir]. The van der Waals surface area contributed by atoms with Gasteiger partial charge in [0.15, 0.2) is 0 Å². The van der Waals surface area contributed by atoms with E-state index in [4.69, 9.17) is 16.8 Å². The number of rotatable bonds is 6. The first-order valence-electron chi connectivity index (χ1n) is 25.4. The van der Waals surface area contributed by atoms with Crippen LogP contribution < -0.4 is 4.40 Å². The molecule has 1 aliphatic carbocycles. The van der Waals surface area contributed by atoms with Gasteiger partial charge in [-0.3, -0.25) is 4.98 Å². The molecule has 343 valence electrons. The molecule has 8 heteroatoms. The van der Waals surface area contributed by atoms with Crippen molar-refractivity contribution >= 4 is 71.1 Å². The monoisotopic (exact) mass is 1160 g/mol. The molecule has 69 heavy (non-hydrogen) atoms. The number of halogens is 1. The van der Waals surface area contributed by atoms with Gasteiger partial charge in [-0.2, -0.15) is 11.3 Å². The van der Waals surface area contributed by atoms with Crippen LogP contribution in [-0.4, -0.2) is 32.8 Å². The van der Waals surface area contributed by atoms with Gasteiger partial charge in [0.2, 0.25) is 0 Å². The van der Waals surface area contributed by atoms with Crippen LogP contribution in [0.25, 0.3) is 81.6 Å². The normalized spacial score (nSPS) is 14.2. The Labute approximate surface area is 431 Å². The smallest absolute Gasteiger partial charge is 0.114 e. The molecule has 0 saturated heterocycles. The van der Waals surface area contributed by atoms with Gasteiger partial charge in [0.1, 0.15) is 4.83 Å². The molecular formula is C61H51FGeIrN4S-2. The van der Waals surface area contributed by atoms with Crippen molar-refractivity contribution in [2.45, 2.75) is 63.6 Å². The number of nitrogens with zero attached hydrogens (tertiary/aromatic N) is 4. The number of thiophene rings is 1. The summed E-state index contributed by atoms with van der Waals surface area (Å²) >= 11 is -0.382. The Morgan fingerprint density at radius 2 is 1.51 bits per heavy atom. The summed E-state index contributed by atoms with van der Waals surface area (Å²) in [5.74, 6) is 6.81. The van der Waals surface area contributed by atoms with Crippen LogP contribution in [0, 0.1) is 38.6 Å². The van der Waals surface area contributed by atoms with E-state index in [1.807, 2.05) is 54.6 Å². The van der Waals surface area contributed by atoms with Crippen LogP contribution in [0.1, 0.15) is 59.8 Å². The van der Waals surface area contributed by atoms with Gasteiger partial charge in [-0.1, -0.05) is 116 Å². The molecule has 11 aromatic rings. The Balaban J connectivity index is 0.000000241. The second kappa shape index (κ2) is 18.0. The van der Waals surface area contributed by atoms with E-state index in [-0.39, 0.29) is 36.6 Å². The van der Waals surface area contributed by atoms with Crippen molar-refractivity contribution in [2.24, 2.45) is 0 Å². The Kier molecular flexibility index (Phi) is 10.6. The summed E-state index contributed by atoms with van der Waals surface area (Å²) in [6, 6.07) is 54.0. The second-order valence-electron chi connectivity index (χ2n) is 19.2. The van der Waals surface area contributed by atoms with Crippen LogP contribution in [-0.2, 0) is 31.9 Å². The van der Waals surface area contributed by atoms with E-state index in [2.05, 4.69) is 139 Å². The van der Waals surface area contributed by atoms with Crippen molar-refractivity contribution in [1.82, 2.24) is 19.5 Å². The summed E-state index contributed by atoms with van der Waals surface area (Å²) in [5.41, 5.74) is 12.9. The maximum Gasteiger partial charge on any atom is 0.114 e. The third-order valence-electron chi connectivity index (χ3n) is 13.4. The first-order chi connectivity index (χ1) is 34.7. The van der Waals surface area contributed by atoms with Crippen LogP contribution in [0.5, 0.6) is 0 Å². The van der Waals surface area contributed by atoms with E-state index in [9.17, 15) is 4.39 Å². The zero-order valence-corrected chi connectivity index (χ0v) is 44.7. The van der Waals surface area contributed by atoms with E-state index >= 15 is 0 Å². The van der Waals surface area contributed by atoms with Crippen molar-refractivity contribution in [2.75, 3.05) is 0 Å². The van der Waals surface area contributed by atoms with Crippen molar-refractivity contribution in [3.05, 3.63) is 209 Å². The number of benzene rings is 7. The number of hydrogen-bond acceptors (Lipinski definition) is 4. The fraction of sp³-hybridized carbons (Fsp3) is 0.164. The molecule has 1 radical (unpaired) electrons. The molecule has 0 bridgehead atoms. The molecule has 0 N–H and O–H groups in total. The molecule has 0 atom stereocenters. The average molecular weight is 1160 g/mol. The number of hydrogen-bond donors (Lipinski definition) is 0. The fourth-order valence-corrected chi connectivity index (χ4v) is 13.5. The van der Waals surface area contributed by atoms with Crippen LogP contribution in [0.4, 0.5) is 4.39 Å². The molecule has 12 rings (SSSR count). The van der Waals surface area contributed by atoms with Crippen LogP contribution in [0.3, 0.4) is 0 Å². The average Bonchev–Trinajstić information content (AvgIpc) is 4.03. The molecule has 4 nitrogen and oxygen atoms in total. The summed E-state index contributed by atoms with van der Waals surface area (Å²) in [7, 11) is 0. The standard InChI is InChI=1S/C46H34N3S.C15H17FGeN.Ir/c1-27-25-37-33-17-10-11-20-38(33)46(3,4)40(37)28(2)42(27)49-39-24-21-30-15-8-9-16-32(30)41(39)48-44(49)36-19-12-18-34-35-23-22-31(47-45(35)50-43(34)36)26-29-13-6-5-7-14-29;1-11-6-5-7-13(15(11)16)14-9-8-12(10-18-14)17(2,3)4;/h5-18,20-25H,26H2,1-4H3;5-6,8-10H,1-4H3;/q2*-1;/i26D2;1D3;. The van der Waals surface area contributed by atoms with Gasteiger partial charge in [-0.25, -0.2) is 4.98 Å². The molecular weight excluding hydrogens is 1100 g/mol. The number of fused-ring (bicyclic) bond motifs is 9. The minimum absolute atomic E-state index is 0. The molecule has 7 aromatic carbocycles. The molecule has 0 amide bonds. The fourth-order valence-electron chi connectivity index (χ4n) is 10.1. The Morgan fingerprint density at radius 1 is 0.754 bits per heavy atom. The molecule has 0 saturated carbocycles. The summed E-state index contributed by atoms with van der Waals surface area (Å²) in [6.07, 6.45) is 0.0380. The molecule has 1 aliphatic rings. The third-order valence-corrected chi connectivity index (χ3v) is 18.8. The van der Waals surface area contributed by atoms with Crippen molar-refractivity contribution in [3.63, 3.8) is 0 Å². The van der Waals surface area contributed by atoms with E-state index in [1.165, 1.54) is 49.9 Å². The largest absolute Gasteiger partial charge is 0.333 e. The van der Waals surface area contributed by atoms with E-state index in [1.54, 1.807) is 23.6 Å². The van der Waals surface area contributed by atoms with Gasteiger partial charge in [-0.15, -0.1) is 18.2 Å². The molecule has 4 heterocycles. The summed E-state index contributed by atoms with van der Waals surface area (Å²) < 4.78 is 59.1. The summed E-state index contributed by atoms with van der Waals surface area (Å²) in [5, 5.41) is 4.33. The maximum absolute atomic E-state index is 14.4. The molecule has 0 unspecified atom stereocenters. The van der Waals surface area contributed by atoms with Gasteiger partial charge in [0.05, 0.1) is 16.9 Å². The quantitative estimate of drug-likeness (QED) is 0.123. The van der Waals surface area contributed by atoms with E-state index in [0.29, 0.717) is 17.0 Å². The zero-order chi connectivity index (χ0) is 51.4. The predicted octanol–water partition coefficient (Wildman–Crippen LogP) is 15.5. The molecule has 0 fully saturated rings. The van der Waals surface area contributed by atoms with Gasteiger partial charge >= 0.3 is 114 Å². The molecule has 4 aromatic heterocycles. The third kappa shape index (κ3) is 8.07. The molecule has 0 aliphatic heterocycles. The zero-order valence-electron chi connectivity index (χ0n) is 44.3. The van der Waals surface area contributed by atoms with Crippen LogP contribution in [0.15, 0.2) is 152 Å². The topological polar surface area (TPSA) is 43.6 Å². The minimum atomic E-state index is -2.48. The minimum Gasteiger partial charge on any atom is -0.333 e. The van der Waals surface area contributed by atoms with Gasteiger partial charge in [0.25, 0.3) is 0 Å². The predicted molar refractivity (Wildman–Crippen MR) is 286 cm³/mol. The number of aryl methyl sites for hydroxylation is 2. The second-order valence-corrected chi connectivity index (χ2v) is 30.8. The summed E-state index contributed by atoms with van der Waals surface area (Å²) in [4.78, 5) is 15.6. The van der Waals surface area contributed by atoms with Crippen molar-refractivity contribution in [1.29, 1.82) is 0 Å². The first-order valence-corrected chi connectivity index (χ1v) is 31.0. The van der Waals surface area contributed by atoms with Crippen molar-refractivity contribution in [3.8, 4) is 39.5 Å². The van der Waals surface area contributed by atoms with Crippen LogP contribution >= 0.6 is 11.3 Å². The number of imidazole rings is 1. The Hall–Kier alpha value is -6.09. The van der Waals surface area contributed by atoms with Gasteiger partial charge < -0.3 is 4.57 Å². The number of pyridine rings is 2. The number of aromatic nitrogens is 4. The Morgan fingerprint density at radius 3 is 2.29 bits per heavy atom. The maximum atomic E-state index is 14.4. The van der Waals surface area contributed by atoms with E-state index in [0.717, 1.165) is 59.2 Å². The van der Waals surface area contributed by atoms with E-state index < -0.39 is 32.3 Å².